The maximum absolute atomic E-state index is 10.4. The number of hydrogen-bond donors (Lipinski definition) is 1. The fourth-order valence-corrected chi connectivity index (χ4v) is 2.39. The van der Waals surface area contributed by atoms with Crippen LogP contribution in [0.1, 0.15) is 19.4 Å². The van der Waals surface area contributed by atoms with Crippen molar-refractivity contribution in [2.45, 2.75) is 26.5 Å². The highest BCUT2D eigenvalue weighted by molar-refractivity contribution is 6.35. The van der Waals surface area contributed by atoms with Crippen LogP contribution in [0.3, 0.4) is 0 Å². The molecule has 1 unspecified atom stereocenters. The van der Waals surface area contributed by atoms with E-state index in [9.17, 15) is 5.11 Å². The molecule has 0 amide bonds. The number of benzene rings is 1. The molecule has 1 aromatic heterocycles. The van der Waals surface area contributed by atoms with Gasteiger partial charge in [-0.05, 0) is 17.7 Å². The molecule has 0 radical (unpaired) electrons. The van der Waals surface area contributed by atoms with Crippen LogP contribution in [0.4, 0.5) is 0 Å². The van der Waals surface area contributed by atoms with Gasteiger partial charge >= 0.3 is 0 Å². The molecular weight excluding hydrogens is 309 g/mol. The summed E-state index contributed by atoms with van der Waals surface area (Å²) in [7, 11) is 0. The topological polar surface area (TPSA) is 50.9 Å². The molecule has 1 N–H and O–H groups in total. The van der Waals surface area contributed by atoms with E-state index in [1.165, 1.54) is 6.33 Å². The summed E-state index contributed by atoms with van der Waals surface area (Å²) in [5.41, 5.74) is 0.431. The Morgan fingerprint density at radius 3 is 2.76 bits per heavy atom. The number of rotatable bonds is 5. The number of aliphatic hydroxyl groups is 1. The van der Waals surface area contributed by atoms with Gasteiger partial charge in [0.1, 0.15) is 12.7 Å². The van der Waals surface area contributed by atoms with Crippen LogP contribution in [-0.2, 0) is 6.54 Å². The SMILES string of the molecule is CC(C)(Cn1cncn1)C(O)/C=C/c1ccc(Cl)cc1Cl. The van der Waals surface area contributed by atoms with E-state index >= 15 is 0 Å². The lowest BCUT2D eigenvalue weighted by Crippen LogP contribution is -2.32. The van der Waals surface area contributed by atoms with Crippen LogP contribution in [0.2, 0.25) is 10.0 Å². The van der Waals surface area contributed by atoms with Crippen LogP contribution in [0.5, 0.6) is 0 Å². The van der Waals surface area contributed by atoms with E-state index in [0.29, 0.717) is 16.6 Å². The molecule has 0 aliphatic carbocycles. The number of halogens is 2. The van der Waals surface area contributed by atoms with Gasteiger partial charge in [-0.2, -0.15) is 5.10 Å². The van der Waals surface area contributed by atoms with Gasteiger partial charge in [-0.3, -0.25) is 4.68 Å². The van der Waals surface area contributed by atoms with Crippen molar-refractivity contribution in [2.75, 3.05) is 0 Å². The first-order valence-corrected chi connectivity index (χ1v) is 7.28. The van der Waals surface area contributed by atoms with Crippen LogP contribution < -0.4 is 0 Å². The minimum atomic E-state index is -0.645. The maximum atomic E-state index is 10.4. The second-order valence-electron chi connectivity index (χ2n) is 5.55. The van der Waals surface area contributed by atoms with Crippen molar-refractivity contribution in [1.82, 2.24) is 14.8 Å². The Hall–Kier alpha value is -1.36. The molecule has 2 rings (SSSR count). The second kappa shape index (κ2) is 6.60. The third-order valence-corrected chi connectivity index (χ3v) is 3.82. The fourth-order valence-electron chi connectivity index (χ4n) is 1.92. The lowest BCUT2D eigenvalue weighted by Gasteiger charge is -2.28. The smallest absolute Gasteiger partial charge is 0.137 e. The summed E-state index contributed by atoms with van der Waals surface area (Å²) >= 11 is 12.0. The molecule has 2 aromatic rings. The molecule has 0 bridgehead atoms. The van der Waals surface area contributed by atoms with E-state index in [0.717, 1.165) is 5.56 Å². The minimum Gasteiger partial charge on any atom is -0.388 e. The van der Waals surface area contributed by atoms with Crippen molar-refractivity contribution in [3.63, 3.8) is 0 Å². The lowest BCUT2D eigenvalue weighted by molar-refractivity contribution is 0.0735. The summed E-state index contributed by atoms with van der Waals surface area (Å²) in [4.78, 5) is 3.90. The zero-order chi connectivity index (χ0) is 15.5. The van der Waals surface area contributed by atoms with Gasteiger partial charge in [0.05, 0.1) is 12.6 Å². The van der Waals surface area contributed by atoms with E-state index in [1.807, 2.05) is 19.9 Å². The lowest BCUT2D eigenvalue weighted by atomic mass is 9.86. The molecule has 0 aliphatic heterocycles. The van der Waals surface area contributed by atoms with Gasteiger partial charge in [-0.25, -0.2) is 4.98 Å². The van der Waals surface area contributed by atoms with Gasteiger partial charge in [-0.1, -0.05) is 55.3 Å². The van der Waals surface area contributed by atoms with Crippen molar-refractivity contribution in [3.05, 3.63) is 52.5 Å². The number of hydrogen-bond acceptors (Lipinski definition) is 3. The van der Waals surface area contributed by atoms with Gasteiger partial charge < -0.3 is 5.11 Å². The largest absolute Gasteiger partial charge is 0.388 e. The van der Waals surface area contributed by atoms with Crippen molar-refractivity contribution >= 4 is 29.3 Å². The van der Waals surface area contributed by atoms with Crippen LogP contribution in [0, 0.1) is 5.41 Å². The second-order valence-corrected chi connectivity index (χ2v) is 6.40. The van der Waals surface area contributed by atoms with Gasteiger partial charge in [0.2, 0.25) is 0 Å². The average Bonchev–Trinajstić information content (AvgIpc) is 2.89. The third kappa shape index (κ3) is 4.30. The molecule has 0 aliphatic rings. The Balaban J connectivity index is 2.08. The van der Waals surface area contributed by atoms with Crippen molar-refractivity contribution in [2.24, 2.45) is 5.41 Å². The van der Waals surface area contributed by atoms with E-state index in [4.69, 9.17) is 23.2 Å². The fraction of sp³-hybridized carbons (Fsp3) is 0.333. The number of aliphatic hydroxyl groups excluding tert-OH is 1. The number of aromatic nitrogens is 3. The third-order valence-electron chi connectivity index (χ3n) is 3.26. The molecular formula is C15H17Cl2N3O. The molecule has 0 saturated carbocycles. The van der Waals surface area contributed by atoms with Gasteiger partial charge in [0.25, 0.3) is 0 Å². The van der Waals surface area contributed by atoms with Crippen LogP contribution in [0.15, 0.2) is 36.9 Å². The maximum Gasteiger partial charge on any atom is 0.137 e. The Labute approximate surface area is 134 Å². The number of nitrogens with zero attached hydrogens (tertiary/aromatic N) is 3. The summed E-state index contributed by atoms with van der Waals surface area (Å²) in [6.07, 6.45) is 5.99. The molecule has 0 saturated heterocycles. The molecule has 21 heavy (non-hydrogen) atoms. The van der Waals surface area contributed by atoms with Crippen LogP contribution in [-0.4, -0.2) is 26.0 Å². The molecule has 4 nitrogen and oxygen atoms in total. The van der Waals surface area contributed by atoms with E-state index in [2.05, 4.69) is 10.1 Å². The molecule has 0 fully saturated rings. The molecule has 1 aromatic carbocycles. The minimum absolute atomic E-state index is 0.386. The molecule has 1 atom stereocenters. The Morgan fingerprint density at radius 1 is 1.38 bits per heavy atom. The first kappa shape index (κ1) is 16.0. The van der Waals surface area contributed by atoms with Crippen molar-refractivity contribution < 1.29 is 5.11 Å². The predicted molar refractivity (Wildman–Crippen MR) is 85.3 cm³/mol. The highest BCUT2D eigenvalue weighted by Crippen LogP contribution is 2.26. The standard InChI is InChI=1S/C15H17Cl2N3O/c1-15(2,8-20-10-18-9-19-20)14(21)6-4-11-3-5-12(16)7-13(11)17/h3-7,9-10,14,21H,8H2,1-2H3/b6-4+. The Kier molecular flexibility index (Phi) is 5.04. The first-order chi connectivity index (χ1) is 9.88. The van der Waals surface area contributed by atoms with Crippen molar-refractivity contribution in [1.29, 1.82) is 0 Å². The average molecular weight is 326 g/mol. The monoisotopic (exact) mass is 325 g/mol. The van der Waals surface area contributed by atoms with Gasteiger partial charge in [-0.15, -0.1) is 0 Å². The first-order valence-electron chi connectivity index (χ1n) is 6.52. The summed E-state index contributed by atoms with van der Waals surface area (Å²) < 4.78 is 1.70. The highest BCUT2D eigenvalue weighted by atomic mass is 35.5. The highest BCUT2D eigenvalue weighted by Gasteiger charge is 2.26. The summed E-state index contributed by atoms with van der Waals surface area (Å²) in [5, 5.41) is 15.6. The van der Waals surface area contributed by atoms with Crippen molar-refractivity contribution in [3.8, 4) is 0 Å². The molecule has 0 spiro atoms. The summed E-state index contributed by atoms with van der Waals surface area (Å²) in [6.45, 7) is 4.49. The molecule has 112 valence electrons. The normalized spacial score (nSPS) is 13.8. The van der Waals surface area contributed by atoms with E-state index in [1.54, 1.807) is 35.3 Å². The van der Waals surface area contributed by atoms with Gasteiger partial charge in [0, 0.05) is 15.5 Å². The zero-order valence-corrected chi connectivity index (χ0v) is 13.4. The zero-order valence-electron chi connectivity index (χ0n) is 11.9. The molecule has 1 heterocycles. The quantitative estimate of drug-likeness (QED) is 0.912. The van der Waals surface area contributed by atoms with E-state index in [-0.39, 0.29) is 5.41 Å². The predicted octanol–water partition coefficient (Wildman–Crippen LogP) is 3.69. The summed E-state index contributed by atoms with van der Waals surface area (Å²) in [5.74, 6) is 0. The Bertz CT molecular complexity index is 624. The van der Waals surface area contributed by atoms with Crippen LogP contribution >= 0.6 is 23.2 Å². The Morgan fingerprint density at radius 2 is 2.14 bits per heavy atom. The molecule has 6 heteroatoms. The van der Waals surface area contributed by atoms with Gasteiger partial charge in [0.15, 0.2) is 0 Å². The van der Waals surface area contributed by atoms with Crippen LogP contribution in [0.25, 0.3) is 6.08 Å². The summed E-state index contributed by atoms with van der Waals surface area (Å²) in [6, 6.07) is 5.26. The van der Waals surface area contributed by atoms with E-state index < -0.39 is 6.10 Å².